The predicted octanol–water partition coefficient (Wildman–Crippen LogP) is 2.49. The van der Waals surface area contributed by atoms with Gasteiger partial charge in [0.05, 0.1) is 11.9 Å². The second kappa shape index (κ2) is 5.45. The molecule has 0 radical (unpaired) electrons. The first-order chi connectivity index (χ1) is 11.8. The molecule has 0 saturated carbocycles. The van der Waals surface area contributed by atoms with Gasteiger partial charge in [0.15, 0.2) is 0 Å². The summed E-state index contributed by atoms with van der Waals surface area (Å²) in [5.41, 5.74) is 3.52. The molecule has 1 unspecified atom stereocenters. The van der Waals surface area contributed by atoms with Crippen LogP contribution in [-0.2, 0) is 13.0 Å². The van der Waals surface area contributed by atoms with Crippen LogP contribution in [0.15, 0.2) is 36.8 Å². The monoisotopic (exact) mass is 322 g/mol. The smallest absolute Gasteiger partial charge is 0.217 e. The number of piperidine rings is 3. The molecule has 6 rings (SSSR count). The van der Waals surface area contributed by atoms with Gasteiger partial charge in [-0.3, -0.25) is 9.88 Å². The number of hydrogen-bond acceptors (Lipinski definition) is 5. The summed E-state index contributed by atoms with van der Waals surface area (Å²) < 4.78 is 6.40. The summed E-state index contributed by atoms with van der Waals surface area (Å²) in [4.78, 5) is 11.2. The van der Waals surface area contributed by atoms with Gasteiger partial charge >= 0.3 is 0 Å². The molecule has 24 heavy (non-hydrogen) atoms. The Kier molecular flexibility index (Phi) is 3.23. The van der Waals surface area contributed by atoms with Crippen LogP contribution < -0.4 is 10.1 Å². The normalized spacial score (nSPS) is 30.2. The zero-order chi connectivity index (χ0) is 16.0. The van der Waals surface area contributed by atoms with E-state index in [2.05, 4.69) is 26.3 Å². The van der Waals surface area contributed by atoms with Crippen LogP contribution in [0.2, 0.25) is 0 Å². The molecule has 3 fully saturated rings. The minimum absolute atomic E-state index is 0.0183. The van der Waals surface area contributed by atoms with Crippen molar-refractivity contribution in [2.45, 2.75) is 31.4 Å². The van der Waals surface area contributed by atoms with E-state index in [9.17, 15) is 0 Å². The summed E-state index contributed by atoms with van der Waals surface area (Å²) in [7, 11) is 0. The zero-order valence-electron chi connectivity index (χ0n) is 13.7. The van der Waals surface area contributed by atoms with Crippen LogP contribution in [0.4, 0.5) is 5.69 Å². The lowest BCUT2D eigenvalue weighted by Crippen LogP contribution is -2.61. The third kappa shape index (κ3) is 2.35. The number of fused-ring (bicyclic) bond motifs is 3. The van der Waals surface area contributed by atoms with Gasteiger partial charge in [-0.1, -0.05) is 0 Å². The molecule has 5 nitrogen and oxygen atoms in total. The lowest BCUT2D eigenvalue weighted by atomic mass is 9.73. The molecule has 5 heteroatoms. The molecule has 1 spiro atoms. The Morgan fingerprint density at radius 2 is 2.08 bits per heavy atom. The van der Waals surface area contributed by atoms with Gasteiger partial charge < -0.3 is 10.1 Å². The van der Waals surface area contributed by atoms with Gasteiger partial charge in [0, 0.05) is 43.4 Å². The molecule has 2 bridgehead atoms. The molecule has 6 heterocycles. The van der Waals surface area contributed by atoms with E-state index in [-0.39, 0.29) is 5.60 Å². The largest absolute Gasteiger partial charge is 0.469 e. The molecule has 1 atom stereocenters. The summed E-state index contributed by atoms with van der Waals surface area (Å²) in [5, 5.41) is 3.46. The molecule has 0 aliphatic carbocycles. The summed E-state index contributed by atoms with van der Waals surface area (Å²) in [6, 6.07) is 6.27. The minimum atomic E-state index is -0.0183. The van der Waals surface area contributed by atoms with Crippen molar-refractivity contribution in [1.29, 1.82) is 0 Å². The average Bonchev–Trinajstić information content (AvgIpc) is 2.98. The van der Waals surface area contributed by atoms with Gasteiger partial charge in [0.1, 0.15) is 5.60 Å². The van der Waals surface area contributed by atoms with E-state index in [4.69, 9.17) is 4.74 Å². The molecule has 4 aliphatic rings. The first kappa shape index (κ1) is 14.2. The van der Waals surface area contributed by atoms with Crippen molar-refractivity contribution in [3.8, 4) is 5.88 Å². The van der Waals surface area contributed by atoms with Gasteiger partial charge in [-0.2, -0.15) is 0 Å². The first-order valence-corrected chi connectivity index (χ1v) is 8.84. The standard InChI is InChI=1S/C19H22N4O/c1-5-20-6-2-14(1)11-21-17-9-15-10-19(24-18(15)22-12-17)13-23-7-3-16(19)4-8-23/h1-2,5-6,9,12,16,21H,3-4,7-8,10-11,13H2. The van der Waals surface area contributed by atoms with Crippen molar-refractivity contribution in [1.82, 2.24) is 14.9 Å². The van der Waals surface area contributed by atoms with Gasteiger partial charge in [0.25, 0.3) is 0 Å². The molecule has 3 saturated heterocycles. The van der Waals surface area contributed by atoms with Crippen LogP contribution in [-0.4, -0.2) is 40.1 Å². The highest BCUT2D eigenvalue weighted by molar-refractivity contribution is 5.49. The van der Waals surface area contributed by atoms with Crippen molar-refractivity contribution in [3.63, 3.8) is 0 Å². The number of pyridine rings is 2. The molecule has 2 aromatic rings. The van der Waals surface area contributed by atoms with Crippen LogP contribution in [0.1, 0.15) is 24.0 Å². The summed E-state index contributed by atoms with van der Waals surface area (Å²) in [6.07, 6.45) is 9.07. The predicted molar refractivity (Wildman–Crippen MR) is 92.0 cm³/mol. The molecular formula is C19H22N4O. The van der Waals surface area contributed by atoms with E-state index in [1.54, 1.807) is 0 Å². The summed E-state index contributed by atoms with van der Waals surface area (Å²) >= 11 is 0. The Morgan fingerprint density at radius 1 is 1.25 bits per heavy atom. The maximum absolute atomic E-state index is 6.40. The Balaban J connectivity index is 1.33. The van der Waals surface area contributed by atoms with Crippen LogP contribution in [0.5, 0.6) is 5.88 Å². The van der Waals surface area contributed by atoms with Crippen LogP contribution >= 0.6 is 0 Å². The van der Waals surface area contributed by atoms with Crippen molar-refractivity contribution in [2.75, 3.05) is 25.0 Å². The van der Waals surface area contributed by atoms with Crippen LogP contribution in [0, 0.1) is 5.92 Å². The Bertz CT molecular complexity index is 742. The Morgan fingerprint density at radius 3 is 2.83 bits per heavy atom. The van der Waals surface area contributed by atoms with Crippen molar-refractivity contribution in [2.24, 2.45) is 5.92 Å². The van der Waals surface area contributed by atoms with Gasteiger partial charge in [-0.25, -0.2) is 4.98 Å². The highest BCUT2D eigenvalue weighted by Gasteiger charge is 2.52. The molecule has 0 amide bonds. The molecule has 4 aliphatic heterocycles. The highest BCUT2D eigenvalue weighted by Crippen LogP contribution is 2.46. The summed E-state index contributed by atoms with van der Waals surface area (Å²) in [6.45, 7) is 4.32. The lowest BCUT2D eigenvalue weighted by Gasteiger charge is -2.50. The first-order valence-electron chi connectivity index (χ1n) is 8.84. The minimum Gasteiger partial charge on any atom is -0.469 e. The maximum Gasteiger partial charge on any atom is 0.217 e. The van der Waals surface area contributed by atoms with Gasteiger partial charge in [0.2, 0.25) is 5.88 Å². The van der Waals surface area contributed by atoms with E-state index in [0.717, 1.165) is 31.1 Å². The van der Waals surface area contributed by atoms with E-state index < -0.39 is 0 Å². The van der Waals surface area contributed by atoms with Crippen LogP contribution in [0.25, 0.3) is 0 Å². The van der Waals surface area contributed by atoms with Crippen molar-refractivity contribution < 1.29 is 4.74 Å². The third-order valence-electron chi connectivity index (χ3n) is 5.78. The third-order valence-corrected chi connectivity index (χ3v) is 5.78. The van der Waals surface area contributed by atoms with Gasteiger partial charge in [-0.05, 0) is 49.7 Å². The van der Waals surface area contributed by atoms with Crippen molar-refractivity contribution >= 4 is 5.69 Å². The fourth-order valence-corrected chi connectivity index (χ4v) is 4.51. The lowest BCUT2D eigenvalue weighted by molar-refractivity contribution is -0.0814. The molecular weight excluding hydrogens is 300 g/mol. The van der Waals surface area contributed by atoms with E-state index in [1.807, 2.05) is 30.7 Å². The number of hydrogen-bond donors (Lipinski definition) is 1. The fourth-order valence-electron chi connectivity index (χ4n) is 4.51. The average molecular weight is 322 g/mol. The highest BCUT2D eigenvalue weighted by atomic mass is 16.5. The number of ether oxygens (including phenoxy) is 1. The maximum atomic E-state index is 6.40. The van der Waals surface area contributed by atoms with Crippen molar-refractivity contribution in [3.05, 3.63) is 47.9 Å². The topological polar surface area (TPSA) is 50.3 Å². The van der Waals surface area contributed by atoms with E-state index >= 15 is 0 Å². The molecule has 2 aromatic heterocycles. The molecule has 1 N–H and O–H groups in total. The Labute approximate surface area is 142 Å². The number of aromatic nitrogens is 2. The number of nitrogens with zero attached hydrogens (tertiary/aromatic N) is 3. The summed E-state index contributed by atoms with van der Waals surface area (Å²) in [5.74, 6) is 1.53. The number of rotatable bonds is 3. The SMILES string of the molecule is c1cc(CNc2cnc3c(c2)CC2(CN4CCC2CC4)O3)ccn1. The Hall–Kier alpha value is -2.14. The van der Waals surface area contributed by atoms with Gasteiger partial charge in [-0.15, -0.1) is 0 Å². The van der Waals surface area contributed by atoms with E-state index in [0.29, 0.717) is 5.92 Å². The molecule has 0 aromatic carbocycles. The molecule has 124 valence electrons. The zero-order valence-corrected chi connectivity index (χ0v) is 13.7. The number of anilines is 1. The number of nitrogens with one attached hydrogen (secondary N) is 1. The quantitative estimate of drug-likeness (QED) is 0.941. The fraction of sp³-hybridized carbons (Fsp3) is 0.474. The second-order valence-electron chi connectivity index (χ2n) is 7.29. The van der Waals surface area contributed by atoms with Crippen LogP contribution in [0.3, 0.4) is 0 Å². The second-order valence-corrected chi connectivity index (χ2v) is 7.29. The van der Waals surface area contributed by atoms with E-state index in [1.165, 1.54) is 37.1 Å².